The van der Waals surface area contributed by atoms with E-state index in [0.717, 1.165) is 19.5 Å². The summed E-state index contributed by atoms with van der Waals surface area (Å²) in [6.07, 6.45) is 4.96. The lowest BCUT2D eigenvalue weighted by molar-refractivity contribution is 0.468. The van der Waals surface area contributed by atoms with Crippen LogP contribution in [0.4, 0.5) is 5.69 Å². The Hall–Kier alpha value is -1.09. The third kappa shape index (κ3) is 4.50. The number of rotatable bonds is 7. The van der Waals surface area contributed by atoms with Gasteiger partial charge < -0.3 is 10.2 Å². The van der Waals surface area contributed by atoms with E-state index in [1.807, 2.05) is 12.4 Å². The zero-order valence-electron chi connectivity index (χ0n) is 13.3. The molecule has 0 aromatic carbocycles. The van der Waals surface area contributed by atoms with Gasteiger partial charge in [-0.3, -0.25) is 4.98 Å². The van der Waals surface area contributed by atoms with Crippen molar-refractivity contribution < 1.29 is 0 Å². The molecule has 0 fully saturated rings. The van der Waals surface area contributed by atoms with Gasteiger partial charge in [-0.25, -0.2) is 0 Å². The number of pyridine rings is 1. The third-order valence-corrected chi connectivity index (χ3v) is 3.89. The van der Waals surface area contributed by atoms with E-state index in [0.29, 0.717) is 5.92 Å². The van der Waals surface area contributed by atoms with Crippen molar-refractivity contribution >= 4 is 5.69 Å². The van der Waals surface area contributed by atoms with Crippen molar-refractivity contribution in [2.45, 2.75) is 53.1 Å². The monoisotopic (exact) mass is 263 g/mol. The summed E-state index contributed by atoms with van der Waals surface area (Å²) in [5, 5.41) is 3.51. The average molecular weight is 263 g/mol. The standard InChI is InChI=1S/C16H29N3/c1-7-16(4,5)19(6)15-12-17-9-8-14(15)11-18-10-13(2)3/h8-9,12-13,18H,7,10-11H2,1-6H3. The summed E-state index contributed by atoms with van der Waals surface area (Å²) in [7, 11) is 2.16. The quantitative estimate of drug-likeness (QED) is 0.816. The van der Waals surface area contributed by atoms with Crippen LogP contribution in [0.3, 0.4) is 0 Å². The molecule has 0 bridgehead atoms. The first-order valence-electron chi connectivity index (χ1n) is 7.26. The van der Waals surface area contributed by atoms with Crippen LogP contribution in [0.1, 0.15) is 46.6 Å². The summed E-state index contributed by atoms with van der Waals surface area (Å²) in [5.41, 5.74) is 2.70. The van der Waals surface area contributed by atoms with E-state index in [4.69, 9.17) is 0 Å². The second-order valence-electron chi connectivity index (χ2n) is 6.25. The van der Waals surface area contributed by atoms with Crippen LogP contribution in [0.15, 0.2) is 18.5 Å². The smallest absolute Gasteiger partial charge is 0.0600 e. The molecule has 1 N–H and O–H groups in total. The molecule has 0 aliphatic rings. The molecule has 0 saturated heterocycles. The lowest BCUT2D eigenvalue weighted by Gasteiger charge is -2.37. The van der Waals surface area contributed by atoms with Crippen molar-refractivity contribution in [1.29, 1.82) is 0 Å². The Kier molecular flexibility index (Phi) is 5.80. The molecule has 0 aliphatic carbocycles. The fourth-order valence-corrected chi connectivity index (χ4v) is 1.93. The second-order valence-corrected chi connectivity index (χ2v) is 6.25. The van der Waals surface area contributed by atoms with Crippen LogP contribution in [0.2, 0.25) is 0 Å². The summed E-state index contributed by atoms with van der Waals surface area (Å²) < 4.78 is 0. The highest BCUT2D eigenvalue weighted by Gasteiger charge is 2.23. The number of hydrogen-bond donors (Lipinski definition) is 1. The fraction of sp³-hybridized carbons (Fsp3) is 0.688. The Morgan fingerprint density at radius 2 is 2.05 bits per heavy atom. The van der Waals surface area contributed by atoms with E-state index in [9.17, 15) is 0 Å². The average Bonchev–Trinajstić information content (AvgIpc) is 2.38. The van der Waals surface area contributed by atoms with Crippen molar-refractivity contribution in [3.8, 4) is 0 Å². The summed E-state index contributed by atoms with van der Waals surface area (Å²) in [6, 6.07) is 2.12. The highest BCUT2D eigenvalue weighted by molar-refractivity contribution is 5.53. The molecule has 1 heterocycles. The van der Waals surface area contributed by atoms with Crippen LogP contribution in [-0.2, 0) is 6.54 Å². The molecule has 1 rings (SSSR count). The molecular weight excluding hydrogens is 234 g/mol. The van der Waals surface area contributed by atoms with Gasteiger partial charge in [-0.2, -0.15) is 0 Å². The minimum Gasteiger partial charge on any atom is -0.368 e. The Morgan fingerprint density at radius 1 is 1.37 bits per heavy atom. The summed E-state index contributed by atoms with van der Waals surface area (Å²) in [5.74, 6) is 0.676. The predicted molar refractivity (Wildman–Crippen MR) is 83.6 cm³/mol. The van der Waals surface area contributed by atoms with Gasteiger partial charge in [0.15, 0.2) is 0 Å². The molecule has 1 aromatic heterocycles. The second kappa shape index (κ2) is 6.90. The zero-order chi connectivity index (χ0) is 14.5. The summed E-state index contributed by atoms with van der Waals surface area (Å²) in [4.78, 5) is 6.63. The SMILES string of the molecule is CCC(C)(C)N(C)c1cnccc1CNCC(C)C. The Labute approximate surface area is 118 Å². The van der Waals surface area contributed by atoms with Crippen LogP contribution < -0.4 is 10.2 Å². The van der Waals surface area contributed by atoms with Crippen molar-refractivity contribution in [2.24, 2.45) is 5.92 Å². The lowest BCUT2D eigenvalue weighted by Crippen LogP contribution is -2.41. The maximum atomic E-state index is 4.29. The van der Waals surface area contributed by atoms with Gasteiger partial charge in [0.2, 0.25) is 0 Å². The molecule has 0 amide bonds. The molecule has 0 atom stereocenters. The van der Waals surface area contributed by atoms with Gasteiger partial charge in [0.1, 0.15) is 0 Å². The molecule has 19 heavy (non-hydrogen) atoms. The van der Waals surface area contributed by atoms with E-state index in [1.165, 1.54) is 11.3 Å². The first kappa shape index (κ1) is 16.0. The molecule has 0 spiro atoms. The van der Waals surface area contributed by atoms with Crippen LogP contribution in [0.25, 0.3) is 0 Å². The maximum absolute atomic E-state index is 4.29. The van der Waals surface area contributed by atoms with Crippen LogP contribution in [0.5, 0.6) is 0 Å². The Balaban J connectivity index is 2.83. The van der Waals surface area contributed by atoms with Gasteiger partial charge in [0, 0.05) is 25.3 Å². The van der Waals surface area contributed by atoms with Gasteiger partial charge in [-0.05, 0) is 44.4 Å². The van der Waals surface area contributed by atoms with Gasteiger partial charge in [-0.1, -0.05) is 20.8 Å². The number of anilines is 1. The molecule has 108 valence electrons. The fourth-order valence-electron chi connectivity index (χ4n) is 1.93. The number of hydrogen-bond acceptors (Lipinski definition) is 3. The highest BCUT2D eigenvalue weighted by Crippen LogP contribution is 2.27. The first-order valence-corrected chi connectivity index (χ1v) is 7.26. The summed E-state index contributed by atoms with van der Waals surface area (Å²) >= 11 is 0. The Bertz CT molecular complexity index is 385. The molecule has 3 nitrogen and oxygen atoms in total. The van der Waals surface area contributed by atoms with Crippen molar-refractivity contribution in [1.82, 2.24) is 10.3 Å². The molecule has 0 aliphatic heterocycles. The summed E-state index contributed by atoms with van der Waals surface area (Å²) in [6.45, 7) is 13.2. The van der Waals surface area contributed by atoms with Crippen molar-refractivity contribution in [3.05, 3.63) is 24.0 Å². The van der Waals surface area contributed by atoms with Gasteiger partial charge >= 0.3 is 0 Å². The van der Waals surface area contributed by atoms with Crippen LogP contribution >= 0.6 is 0 Å². The number of nitrogens with zero attached hydrogens (tertiary/aromatic N) is 2. The first-order chi connectivity index (χ1) is 8.88. The molecule has 0 radical (unpaired) electrons. The van der Waals surface area contributed by atoms with E-state index in [1.54, 1.807) is 0 Å². The molecular formula is C16H29N3. The minimum absolute atomic E-state index is 0.149. The Morgan fingerprint density at radius 3 is 2.63 bits per heavy atom. The number of aromatic nitrogens is 1. The molecule has 1 aromatic rings. The predicted octanol–water partition coefficient (Wildman–Crippen LogP) is 3.45. The van der Waals surface area contributed by atoms with Gasteiger partial charge in [0.05, 0.1) is 11.9 Å². The van der Waals surface area contributed by atoms with Crippen LogP contribution in [-0.4, -0.2) is 24.1 Å². The number of nitrogens with one attached hydrogen (secondary N) is 1. The minimum atomic E-state index is 0.149. The van der Waals surface area contributed by atoms with Crippen LogP contribution in [0, 0.1) is 5.92 Å². The highest BCUT2D eigenvalue weighted by atomic mass is 15.2. The van der Waals surface area contributed by atoms with E-state index < -0.39 is 0 Å². The van der Waals surface area contributed by atoms with E-state index in [2.05, 4.69) is 62.9 Å². The van der Waals surface area contributed by atoms with Gasteiger partial charge in [0.25, 0.3) is 0 Å². The lowest BCUT2D eigenvalue weighted by atomic mass is 9.98. The third-order valence-electron chi connectivity index (χ3n) is 3.89. The zero-order valence-corrected chi connectivity index (χ0v) is 13.3. The van der Waals surface area contributed by atoms with Crippen molar-refractivity contribution in [2.75, 3.05) is 18.5 Å². The van der Waals surface area contributed by atoms with E-state index >= 15 is 0 Å². The van der Waals surface area contributed by atoms with Gasteiger partial charge in [-0.15, -0.1) is 0 Å². The molecule has 0 saturated carbocycles. The molecule has 0 unspecified atom stereocenters. The topological polar surface area (TPSA) is 28.2 Å². The maximum Gasteiger partial charge on any atom is 0.0600 e. The largest absolute Gasteiger partial charge is 0.368 e. The van der Waals surface area contributed by atoms with E-state index in [-0.39, 0.29) is 5.54 Å². The van der Waals surface area contributed by atoms with Crippen molar-refractivity contribution in [3.63, 3.8) is 0 Å². The normalized spacial score (nSPS) is 11.9. The molecule has 3 heteroatoms.